The number of aliphatic hydroxyl groups is 1. The van der Waals surface area contributed by atoms with Gasteiger partial charge in [-0.05, 0) is 43.4 Å². The predicted molar refractivity (Wildman–Crippen MR) is 99.0 cm³/mol. The molecule has 4 atom stereocenters. The zero-order valence-electron chi connectivity index (χ0n) is 17.3. The molecule has 1 amide bonds. The monoisotopic (exact) mass is 375 g/mol. The minimum atomic E-state index is -2.07. The second-order valence-corrected chi connectivity index (χ2v) is 8.80. The number of carbonyl (C=O) groups excluding carboxylic acids is 1. The molecule has 154 valence electrons. The summed E-state index contributed by atoms with van der Waals surface area (Å²) in [6, 6.07) is -0.0515. The van der Waals surface area contributed by atoms with E-state index in [2.05, 4.69) is 31.6 Å². The quantitative estimate of drug-likeness (QED) is 0.378. The zero-order valence-corrected chi connectivity index (χ0v) is 17.3. The molecule has 4 unspecified atom stereocenters. The van der Waals surface area contributed by atoms with Crippen molar-refractivity contribution in [2.75, 3.05) is 20.8 Å². The van der Waals surface area contributed by atoms with Gasteiger partial charge >= 0.3 is 6.09 Å². The molecule has 0 spiro atoms. The standard InChI is InChI=1S/C18H37N3O5/c1-8-17(5,18(19,23)24-6)26-14(22)21-13-9-15(2,3)11-16(4,10-13)12-20-25-7/h13,20,23H,8-12,19H2,1-7H3,(H,21,22). The molecule has 0 aliphatic heterocycles. The Morgan fingerprint density at radius 2 is 1.92 bits per heavy atom. The first kappa shape index (κ1) is 23.1. The summed E-state index contributed by atoms with van der Waals surface area (Å²) in [6.45, 7) is 10.6. The van der Waals surface area contributed by atoms with Gasteiger partial charge in [0.2, 0.25) is 0 Å². The Bertz CT molecular complexity index is 485. The van der Waals surface area contributed by atoms with E-state index in [-0.39, 0.29) is 16.9 Å². The van der Waals surface area contributed by atoms with Gasteiger partial charge in [-0.15, -0.1) is 0 Å². The summed E-state index contributed by atoms with van der Waals surface area (Å²) in [5, 5.41) is 13.1. The van der Waals surface area contributed by atoms with Gasteiger partial charge in [0.15, 0.2) is 5.60 Å². The van der Waals surface area contributed by atoms with Crippen molar-refractivity contribution in [1.82, 2.24) is 10.8 Å². The maximum absolute atomic E-state index is 12.5. The SMILES string of the molecule is CCC(C)(OC(=O)NC1CC(C)(C)CC(C)(CNOC)C1)C(N)(O)OC. The van der Waals surface area contributed by atoms with E-state index >= 15 is 0 Å². The molecule has 0 radical (unpaired) electrons. The van der Waals surface area contributed by atoms with E-state index in [1.165, 1.54) is 7.11 Å². The van der Waals surface area contributed by atoms with E-state index in [0.29, 0.717) is 13.0 Å². The number of hydroxylamine groups is 1. The van der Waals surface area contributed by atoms with Gasteiger partial charge in [-0.3, -0.25) is 5.73 Å². The Kier molecular flexibility index (Phi) is 7.46. The van der Waals surface area contributed by atoms with E-state index in [1.807, 2.05) is 0 Å². The van der Waals surface area contributed by atoms with Gasteiger partial charge in [0, 0.05) is 19.7 Å². The third-order valence-corrected chi connectivity index (χ3v) is 5.47. The second-order valence-electron chi connectivity index (χ2n) is 8.80. The number of amides is 1. The first-order chi connectivity index (χ1) is 11.8. The largest absolute Gasteiger partial charge is 0.436 e. The predicted octanol–water partition coefficient (Wildman–Crippen LogP) is 1.87. The molecule has 0 bridgehead atoms. The Balaban J connectivity index is 2.81. The summed E-state index contributed by atoms with van der Waals surface area (Å²) < 4.78 is 10.4. The minimum Gasteiger partial charge on any atom is -0.436 e. The molecular weight excluding hydrogens is 338 g/mol. The van der Waals surface area contributed by atoms with E-state index in [4.69, 9.17) is 20.0 Å². The Morgan fingerprint density at radius 3 is 2.42 bits per heavy atom. The van der Waals surface area contributed by atoms with E-state index in [1.54, 1.807) is 21.0 Å². The molecule has 0 heterocycles. The van der Waals surface area contributed by atoms with E-state index in [0.717, 1.165) is 19.3 Å². The van der Waals surface area contributed by atoms with Crippen molar-refractivity contribution in [1.29, 1.82) is 0 Å². The first-order valence-electron chi connectivity index (χ1n) is 9.14. The lowest BCUT2D eigenvalue weighted by Gasteiger charge is -2.47. The third kappa shape index (κ3) is 5.79. The Morgan fingerprint density at radius 1 is 1.31 bits per heavy atom. The number of rotatable bonds is 8. The van der Waals surface area contributed by atoms with Crippen LogP contribution in [0.4, 0.5) is 4.79 Å². The van der Waals surface area contributed by atoms with Crippen LogP contribution in [0, 0.1) is 10.8 Å². The van der Waals surface area contributed by atoms with Crippen LogP contribution >= 0.6 is 0 Å². The smallest absolute Gasteiger partial charge is 0.408 e. The lowest BCUT2D eigenvalue weighted by molar-refractivity contribution is -0.279. The average molecular weight is 376 g/mol. The summed E-state index contributed by atoms with van der Waals surface area (Å²) in [5.74, 6) is -2.07. The van der Waals surface area contributed by atoms with Crippen molar-refractivity contribution in [3.63, 3.8) is 0 Å². The number of hydrogen-bond acceptors (Lipinski definition) is 7. The normalized spacial score (nSPS) is 30.1. The fourth-order valence-corrected chi connectivity index (χ4v) is 4.13. The van der Waals surface area contributed by atoms with Crippen molar-refractivity contribution in [2.45, 2.75) is 77.9 Å². The molecule has 5 N–H and O–H groups in total. The second kappa shape index (κ2) is 8.39. The van der Waals surface area contributed by atoms with Crippen LogP contribution < -0.4 is 16.5 Å². The van der Waals surface area contributed by atoms with E-state index < -0.39 is 17.6 Å². The molecule has 0 aromatic heterocycles. The number of hydrogen-bond donors (Lipinski definition) is 4. The lowest BCUT2D eigenvalue weighted by atomic mass is 9.62. The summed E-state index contributed by atoms with van der Waals surface area (Å²) in [5.41, 5.74) is 7.35. The van der Waals surface area contributed by atoms with Crippen LogP contribution in [0.3, 0.4) is 0 Å². The van der Waals surface area contributed by atoms with Gasteiger partial charge < -0.3 is 24.7 Å². The summed E-state index contributed by atoms with van der Waals surface area (Å²) in [4.78, 5) is 17.5. The maximum Gasteiger partial charge on any atom is 0.408 e. The van der Waals surface area contributed by atoms with Crippen LogP contribution in [0.2, 0.25) is 0 Å². The lowest BCUT2D eigenvalue weighted by Crippen LogP contribution is -2.63. The van der Waals surface area contributed by atoms with Crippen LogP contribution in [-0.4, -0.2) is 49.5 Å². The molecule has 1 fully saturated rings. The molecular formula is C18H37N3O5. The van der Waals surface area contributed by atoms with Gasteiger partial charge in [-0.2, -0.15) is 0 Å². The number of nitrogens with one attached hydrogen (secondary N) is 2. The molecule has 8 nitrogen and oxygen atoms in total. The van der Waals surface area contributed by atoms with Gasteiger partial charge in [-0.25, -0.2) is 10.3 Å². The highest BCUT2D eigenvalue weighted by atomic mass is 16.7. The summed E-state index contributed by atoms with van der Waals surface area (Å²) in [6.07, 6.45) is 2.34. The van der Waals surface area contributed by atoms with Crippen molar-refractivity contribution < 1.29 is 24.2 Å². The van der Waals surface area contributed by atoms with Gasteiger partial charge in [0.25, 0.3) is 5.91 Å². The molecule has 8 heteroatoms. The van der Waals surface area contributed by atoms with Crippen molar-refractivity contribution in [2.24, 2.45) is 16.6 Å². The Labute approximate surface area is 157 Å². The fourth-order valence-electron chi connectivity index (χ4n) is 4.13. The number of methoxy groups -OCH3 is 1. The van der Waals surface area contributed by atoms with Crippen molar-refractivity contribution in [3.8, 4) is 0 Å². The molecule has 26 heavy (non-hydrogen) atoms. The van der Waals surface area contributed by atoms with Crippen molar-refractivity contribution >= 4 is 6.09 Å². The molecule has 0 aromatic carbocycles. The molecule has 0 saturated heterocycles. The highest BCUT2D eigenvalue weighted by Crippen LogP contribution is 2.45. The third-order valence-electron chi connectivity index (χ3n) is 5.47. The summed E-state index contributed by atoms with van der Waals surface area (Å²) >= 11 is 0. The molecule has 1 aliphatic carbocycles. The zero-order chi connectivity index (χ0) is 20.2. The summed E-state index contributed by atoms with van der Waals surface area (Å²) in [7, 11) is 2.87. The van der Waals surface area contributed by atoms with Crippen LogP contribution in [0.5, 0.6) is 0 Å². The molecule has 1 aliphatic rings. The number of carbonyl (C=O) groups is 1. The fraction of sp³-hybridized carbons (Fsp3) is 0.944. The Hall–Kier alpha value is -0.930. The molecule has 1 saturated carbocycles. The van der Waals surface area contributed by atoms with Crippen molar-refractivity contribution in [3.05, 3.63) is 0 Å². The van der Waals surface area contributed by atoms with Crippen LogP contribution in [0.25, 0.3) is 0 Å². The van der Waals surface area contributed by atoms with Crippen LogP contribution in [-0.2, 0) is 14.3 Å². The minimum absolute atomic E-state index is 0.0229. The van der Waals surface area contributed by atoms with Gasteiger partial charge in [0.1, 0.15) is 0 Å². The van der Waals surface area contributed by atoms with Gasteiger partial charge in [0.05, 0.1) is 7.11 Å². The van der Waals surface area contributed by atoms with Crippen LogP contribution in [0.15, 0.2) is 0 Å². The number of alkyl carbamates (subject to hydrolysis) is 1. The highest BCUT2D eigenvalue weighted by Gasteiger charge is 2.48. The maximum atomic E-state index is 12.5. The molecule has 0 aromatic rings. The first-order valence-corrected chi connectivity index (χ1v) is 9.14. The van der Waals surface area contributed by atoms with E-state index in [9.17, 15) is 9.90 Å². The number of nitrogens with two attached hydrogens (primary N) is 1. The number of ether oxygens (including phenoxy) is 2. The molecule has 1 rings (SSSR count). The van der Waals surface area contributed by atoms with Crippen LogP contribution in [0.1, 0.15) is 60.3 Å². The topological polar surface area (TPSA) is 115 Å². The average Bonchev–Trinajstić information content (AvgIpc) is 2.50. The van der Waals surface area contributed by atoms with Gasteiger partial charge in [-0.1, -0.05) is 27.7 Å². The highest BCUT2D eigenvalue weighted by molar-refractivity contribution is 5.68.